The van der Waals surface area contributed by atoms with Crippen LogP contribution in [0.2, 0.25) is 0 Å². The van der Waals surface area contributed by atoms with Crippen molar-refractivity contribution in [2.45, 2.75) is 39.2 Å². The fourth-order valence-corrected chi connectivity index (χ4v) is 1.52. The van der Waals surface area contributed by atoms with E-state index in [1.807, 2.05) is 43.3 Å². The van der Waals surface area contributed by atoms with Gasteiger partial charge < -0.3 is 21.9 Å². The minimum Gasteiger partial charge on any atom is -0.480 e. The van der Waals surface area contributed by atoms with Crippen molar-refractivity contribution in [3.63, 3.8) is 0 Å². The minimum atomic E-state index is -0.826. The standard InChI is InChI=1S/C9H20N4O2.C6H6.C2H3ClO/c1-2-5-12-7(8(14)15)4-3-6-13-9(10)11;1-2-4-6-5-3-1;1-2(3)4/h7,12H,2-6H2,1H3,(H,14,15)(H4,10,11,13);1-6H;1H3. The number of carbonyl (C=O) groups is 2. The number of guanidine groups is 1. The highest BCUT2D eigenvalue weighted by atomic mass is 35.5. The Morgan fingerprint density at radius 2 is 1.60 bits per heavy atom. The van der Waals surface area contributed by atoms with Gasteiger partial charge in [0.15, 0.2) is 5.96 Å². The highest BCUT2D eigenvalue weighted by Gasteiger charge is 2.14. The first-order valence-corrected chi connectivity index (χ1v) is 8.36. The van der Waals surface area contributed by atoms with Gasteiger partial charge in [-0.25, -0.2) is 0 Å². The molecular formula is C17H29ClN4O3. The van der Waals surface area contributed by atoms with E-state index in [9.17, 15) is 9.59 Å². The van der Waals surface area contributed by atoms with E-state index in [1.165, 1.54) is 6.92 Å². The van der Waals surface area contributed by atoms with Crippen LogP contribution in [0.25, 0.3) is 0 Å². The van der Waals surface area contributed by atoms with E-state index >= 15 is 0 Å². The van der Waals surface area contributed by atoms with E-state index < -0.39 is 12.0 Å². The van der Waals surface area contributed by atoms with Crippen LogP contribution in [-0.4, -0.2) is 41.4 Å². The van der Waals surface area contributed by atoms with Crippen LogP contribution in [0.4, 0.5) is 0 Å². The van der Waals surface area contributed by atoms with Gasteiger partial charge in [0.05, 0.1) is 0 Å². The molecule has 0 spiro atoms. The van der Waals surface area contributed by atoms with Gasteiger partial charge in [-0.3, -0.25) is 14.6 Å². The number of aliphatic carboxylic acids is 1. The summed E-state index contributed by atoms with van der Waals surface area (Å²) in [5, 5.41) is 11.4. The lowest BCUT2D eigenvalue weighted by Gasteiger charge is -2.12. The van der Waals surface area contributed by atoms with E-state index in [2.05, 4.69) is 21.9 Å². The van der Waals surface area contributed by atoms with Crippen LogP contribution in [0, 0.1) is 0 Å². The molecule has 0 bridgehead atoms. The fraction of sp³-hybridized carbons (Fsp3) is 0.471. The lowest BCUT2D eigenvalue weighted by molar-refractivity contribution is -0.139. The Kier molecular flexibility index (Phi) is 18.3. The maximum atomic E-state index is 10.8. The molecule has 25 heavy (non-hydrogen) atoms. The summed E-state index contributed by atoms with van der Waals surface area (Å²) in [7, 11) is 0. The van der Waals surface area contributed by atoms with Gasteiger partial charge in [0, 0.05) is 13.5 Å². The van der Waals surface area contributed by atoms with E-state index in [4.69, 9.17) is 16.6 Å². The van der Waals surface area contributed by atoms with Crippen LogP contribution < -0.4 is 16.8 Å². The van der Waals surface area contributed by atoms with Crippen LogP contribution in [0.3, 0.4) is 0 Å². The van der Waals surface area contributed by atoms with Crippen molar-refractivity contribution in [1.82, 2.24) is 5.32 Å². The largest absolute Gasteiger partial charge is 0.480 e. The Bertz CT molecular complexity index is 449. The molecule has 6 N–H and O–H groups in total. The van der Waals surface area contributed by atoms with E-state index in [0.717, 1.165) is 6.42 Å². The number of hydrogen-bond acceptors (Lipinski definition) is 4. The molecule has 0 saturated heterocycles. The van der Waals surface area contributed by atoms with E-state index in [1.54, 1.807) is 0 Å². The number of benzene rings is 1. The van der Waals surface area contributed by atoms with Crippen molar-refractivity contribution < 1.29 is 14.7 Å². The first-order chi connectivity index (χ1) is 11.8. The molecule has 0 heterocycles. The normalized spacial score (nSPS) is 10.2. The summed E-state index contributed by atoms with van der Waals surface area (Å²) in [6.07, 6.45) is 2.11. The summed E-state index contributed by atoms with van der Waals surface area (Å²) >= 11 is 4.64. The lowest BCUT2D eigenvalue weighted by Crippen LogP contribution is -2.37. The van der Waals surface area contributed by atoms with Gasteiger partial charge in [-0.1, -0.05) is 43.3 Å². The Balaban J connectivity index is 0. The number of carbonyl (C=O) groups excluding carboxylic acids is 1. The molecule has 7 nitrogen and oxygen atoms in total. The maximum Gasteiger partial charge on any atom is 0.320 e. The molecule has 1 rings (SSSR count). The van der Waals surface area contributed by atoms with Crippen LogP contribution >= 0.6 is 11.6 Å². The molecule has 0 aliphatic heterocycles. The summed E-state index contributed by atoms with van der Waals surface area (Å²) < 4.78 is 0. The third-order valence-electron chi connectivity index (χ3n) is 2.55. The molecule has 142 valence electrons. The lowest BCUT2D eigenvalue weighted by atomic mass is 10.1. The molecule has 1 aromatic carbocycles. The van der Waals surface area contributed by atoms with Crippen LogP contribution in [0.15, 0.2) is 41.4 Å². The van der Waals surface area contributed by atoms with Crippen molar-refractivity contribution in [2.24, 2.45) is 16.5 Å². The quantitative estimate of drug-likeness (QED) is 0.239. The van der Waals surface area contributed by atoms with Gasteiger partial charge in [-0.15, -0.1) is 0 Å². The zero-order valence-electron chi connectivity index (χ0n) is 14.8. The number of rotatable bonds is 8. The molecular weight excluding hydrogens is 344 g/mol. The minimum absolute atomic E-state index is 0.0448. The topological polar surface area (TPSA) is 131 Å². The van der Waals surface area contributed by atoms with Crippen molar-refractivity contribution in [3.8, 4) is 0 Å². The predicted octanol–water partition coefficient (Wildman–Crippen LogP) is 1.95. The Labute approximate surface area is 154 Å². The zero-order valence-corrected chi connectivity index (χ0v) is 15.6. The first kappa shape index (κ1) is 25.1. The SMILES string of the molecule is CC(=O)Cl.CCCNC(CCCN=C(N)N)C(=O)O.c1ccccc1. The second-order valence-electron chi connectivity index (χ2n) is 4.92. The highest BCUT2D eigenvalue weighted by molar-refractivity contribution is 6.62. The molecule has 0 aromatic heterocycles. The second kappa shape index (κ2) is 18.2. The molecule has 0 aliphatic rings. The summed E-state index contributed by atoms with van der Waals surface area (Å²) in [5.74, 6) is -0.781. The maximum absolute atomic E-state index is 10.8. The smallest absolute Gasteiger partial charge is 0.320 e. The molecule has 0 radical (unpaired) electrons. The van der Waals surface area contributed by atoms with Crippen molar-refractivity contribution >= 4 is 28.8 Å². The van der Waals surface area contributed by atoms with E-state index in [-0.39, 0.29) is 11.2 Å². The van der Waals surface area contributed by atoms with Gasteiger partial charge in [-0.05, 0) is 37.4 Å². The molecule has 1 atom stereocenters. The molecule has 0 aliphatic carbocycles. The van der Waals surface area contributed by atoms with Gasteiger partial charge in [0.1, 0.15) is 6.04 Å². The zero-order chi connectivity index (χ0) is 19.5. The number of carboxylic acid groups (broad SMARTS) is 1. The number of aliphatic imine (C=N–C) groups is 1. The molecule has 0 saturated carbocycles. The predicted molar refractivity (Wildman–Crippen MR) is 103 cm³/mol. The molecule has 0 amide bonds. The molecule has 0 fully saturated rings. The van der Waals surface area contributed by atoms with Gasteiger partial charge in [0.25, 0.3) is 0 Å². The number of nitrogens with zero attached hydrogens (tertiary/aromatic N) is 1. The number of nitrogens with one attached hydrogen (secondary N) is 1. The number of carboxylic acids is 1. The summed E-state index contributed by atoms with van der Waals surface area (Å²) in [6, 6.07) is 11.5. The number of hydrogen-bond donors (Lipinski definition) is 4. The highest BCUT2D eigenvalue weighted by Crippen LogP contribution is 1.98. The van der Waals surface area contributed by atoms with Crippen molar-refractivity contribution in [2.75, 3.05) is 13.1 Å². The average Bonchev–Trinajstić information content (AvgIpc) is 2.55. The first-order valence-electron chi connectivity index (χ1n) is 7.98. The molecule has 8 heteroatoms. The van der Waals surface area contributed by atoms with Gasteiger partial charge in [0.2, 0.25) is 5.24 Å². The Morgan fingerprint density at radius 1 is 1.16 bits per heavy atom. The third kappa shape index (κ3) is 24.3. The Morgan fingerprint density at radius 3 is 1.92 bits per heavy atom. The van der Waals surface area contributed by atoms with Gasteiger partial charge >= 0.3 is 5.97 Å². The summed E-state index contributed by atoms with van der Waals surface area (Å²) in [5.41, 5.74) is 10.3. The Hall–Kier alpha value is -2.12. The van der Waals surface area contributed by atoms with Gasteiger partial charge in [-0.2, -0.15) is 0 Å². The fourth-order valence-electron chi connectivity index (χ4n) is 1.52. The van der Waals surface area contributed by atoms with Crippen LogP contribution in [0.1, 0.15) is 33.1 Å². The van der Waals surface area contributed by atoms with Crippen LogP contribution in [0.5, 0.6) is 0 Å². The van der Waals surface area contributed by atoms with E-state index in [0.29, 0.717) is 25.9 Å². The third-order valence-corrected chi connectivity index (χ3v) is 2.55. The molecule has 1 aromatic rings. The summed E-state index contributed by atoms with van der Waals surface area (Å²) in [6.45, 7) is 4.46. The molecule has 1 unspecified atom stereocenters. The monoisotopic (exact) mass is 372 g/mol. The van der Waals surface area contributed by atoms with Crippen molar-refractivity contribution in [3.05, 3.63) is 36.4 Å². The number of nitrogens with two attached hydrogens (primary N) is 2. The second-order valence-corrected chi connectivity index (χ2v) is 5.45. The summed E-state index contributed by atoms with van der Waals surface area (Å²) in [4.78, 5) is 23.8. The van der Waals surface area contributed by atoms with Crippen molar-refractivity contribution in [1.29, 1.82) is 0 Å². The van der Waals surface area contributed by atoms with Crippen LogP contribution in [-0.2, 0) is 9.59 Å². The number of halogens is 1. The average molecular weight is 373 g/mol.